The second-order valence-electron chi connectivity index (χ2n) is 4.11. The number of hydrogen-bond donors (Lipinski definition) is 2. The number of halogens is 2. The minimum atomic E-state index is -0.0922. The van der Waals surface area contributed by atoms with Gasteiger partial charge < -0.3 is 16.0 Å². The van der Waals surface area contributed by atoms with Crippen molar-refractivity contribution in [2.45, 2.75) is 12.8 Å². The molecule has 5 nitrogen and oxygen atoms in total. The first-order chi connectivity index (χ1) is 8.33. The first kappa shape index (κ1) is 18.0. The highest BCUT2D eigenvalue weighted by molar-refractivity contribution is 5.98. The third-order valence-corrected chi connectivity index (χ3v) is 2.87. The Morgan fingerprint density at radius 1 is 1.37 bits per heavy atom. The smallest absolute Gasteiger partial charge is 0.255 e. The van der Waals surface area contributed by atoms with Crippen LogP contribution in [0.2, 0.25) is 0 Å². The molecular weight excluding hydrogens is 287 g/mol. The summed E-state index contributed by atoms with van der Waals surface area (Å²) < 4.78 is 0. The molecule has 0 aromatic carbocycles. The van der Waals surface area contributed by atoms with Gasteiger partial charge in [0.1, 0.15) is 5.82 Å². The lowest BCUT2D eigenvalue weighted by Gasteiger charge is -2.19. The Labute approximate surface area is 125 Å². The van der Waals surface area contributed by atoms with Crippen molar-refractivity contribution in [2.75, 3.05) is 31.1 Å². The predicted octanol–water partition coefficient (Wildman–Crippen LogP) is 1.21. The Balaban J connectivity index is 0.00000162. The second kappa shape index (κ2) is 8.96. The van der Waals surface area contributed by atoms with E-state index in [2.05, 4.69) is 15.2 Å². The molecule has 0 unspecified atom stereocenters. The number of aromatic nitrogens is 1. The zero-order valence-corrected chi connectivity index (χ0v) is 12.3. The van der Waals surface area contributed by atoms with Gasteiger partial charge in [0.05, 0.1) is 5.56 Å². The summed E-state index contributed by atoms with van der Waals surface area (Å²) in [5, 5.41) is 2.78. The minimum Gasteiger partial charge on any atom is -0.356 e. The largest absolute Gasteiger partial charge is 0.356 e. The number of nitrogens with one attached hydrogen (secondary N) is 1. The molecule has 1 aromatic heterocycles. The summed E-state index contributed by atoms with van der Waals surface area (Å²) in [6.07, 6.45) is 4.06. The van der Waals surface area contributed by atoms with E-state index < -0.39 is 0 Å². The van der Waals surface area contributed by atoms with Gasteiger partial charge in [-0.1, -0.05) is 0 Å². The Morgan fingerprint density at radius 2 is 2.05 bits per heavy atom. The number of carbonyl (C=O) groups is 1. The van der Waals surface area contributed by atoms with Crippen molar-refractivity contribution in [1.29, 1.82) is 0 Å². The third kappa shape index (κ3) is 4.53. The summed E-state index contributed by atoms with van der Waals surface area (Å²) >= 11 is 0. The zero-order chi connectivity index (χ0) is 12.1. The molecule has 0 saturated carbocycles. The van der Waals surface area contributed by atoms with E-state index in [0.717, 1.165) is 18.9 Å². The average molecular weight is 307 g/mol. The molecular formula is C12H20Cl2N4O. The molecule has 0 bridgehead atoms. The Morgan fingerprint density at radius 3 is 2.68 bits per heavy atom. The number of anilines is 1. The number of pyridine rings is 1. The highest BCUT2D eigenvalue weighted by Gasteiger charge is 2.19. The SMILES string of the molecule is Cl.Cl.NCCNC(=O)c1cccnc1N1CCCC1. The molecule has 2 rings (SSSR count). The number of nitrogens with zero attached hydrogens (tertiary/aromatic N) is 2. The van der Waals surface area contributed by atoms with Gasteiger partial charge in [0, 0.05) is 32.4 Å². The molecule has 19 heavy (non-hydrogen) atoms. The Hall–Kier alpha value is -1.04. The number of carbonyl (C=O) groups excluding carboxylic acids is 1. The molecule has 0 spiro atoms. The molecule has 0 atom stereocenters. The van der Waals surface area contributed by atoms with Crippen LogP contribution in [0, 0.1) is 0 Å². The molecule has 1 aromatic rings. The zero-order valence-electron chi connectivity index (χ0n) is 10.7. The molecule has 0 radical (unpaired) electrons. The van der Waals surface area contributed by atoms with E-state index in [9.17, 15) is 4.79 Å². The number of nitrogens with two attached hydrogens (primary N) is 1. The first-order valence-electron chi connectivity index (χ1n) is 6.01. The standard InChI is InChI=1S/C12H18N4O.2ClH/c13-5-7-15-12(17)10-4-3-6-14-11(10)16-8-1-2-9-16;;/h3-4,6H,1-2,5,7-9,13H2,(H,15,17);2*1H. The number of rotatable bonds is 4. The van der Waals surface area contributed by atoms with E-state index in [-0.39, 0.29) is 30.7 Å². The summed E-state index contributed by atoms with van der Waals surface area (Å²) in [6.45, 7) is 2.90. The maximum absolute atomic E-state index is 11.9. The topological polar surface area (TPSA) is 71.2 Å². The van der Waals surface area contributed by atoms with Crippen LogP contribution in [0.5, 0.6) is 0 Å². The molecule has 7 heteroatoms. The molecule has 0 aliphatic carbocycles. The van der Waals surface area contributed by atoms with Crippen molar-refractivity contribution < 1.29 is 4.79 Å². The van der Waals surface area contributed by atoms with Gasteiger partial charge in [-0.2, -0.15) is 0 Å². The van der Waals surface area contributed by atoms with Gasteiger partial charge >= 0.3 is 0 Å². The van der Waals surface area contributed by atoms with Gasteiger partial charge in [-0.25, -0.2) is 4.98 Å². The normalized spacial score (nSPS) is 13.4. The predicted molar refractivity (Wildman–Crippen MR) is 81.6 cm³/mol. The van der Waals surface area contributed by atoms with Gasteiger partial charge in [0.15, 0.2) is 0 Å². The fourth-order valence-corrected chi connectivity index (χ4v) is 2.04. The minimum absolute atomic E-state index is 0. The third-order valence-electron chi connectivity index (χ3n) is 2.87. The lowest BCUT2D eigenvalue weighted by molar-refractivity contribution is 0.0955. The van der Waals surface area contributed by atoms with E-state index >= 15 is 0 Å². The highest BCUT2D eigenvalue weighted by atomic mass is 35.5. The maximum Gasteiger partial charge on any atom is 0.255 e. The van der Waals surface area contributed by atoms with Crippen LogP contribution in [0.1, 0.15) is 23.2 Å². The van der Waals surface area contributed by atoms with Gasteiger partial charge in [0.25, 0.3) is 5.91 Å². The lowest BCUT2D eigenvalue weighted by atomic mass is 10.2. The summed E-state index contributed by atoms with van der Waals surface area (Å²) in [5.74, 6) is 0.699. The van der Waals surface area contributed by atoms with Crippen LogP contribution >= 0.6 is 24.8 Å². The fourth-order valence-electron chi connectivity index (χ4n) is 2.04. The van der Waals surface area contributed by atoms with E-state index in [0.29, 0.717) is 18.7 Å². The van der Waals surface area contributed by atoms with Crippen LogP contribution in [0.3, 0.4) is 0 Å². The van der Waals surface area contributed by atoms with Crippen LogP contribution in [-0.2, 0) is 0 Å². The van der Waals surface area contributed by atoms with E-state index in [1.54, 1.807) is 12.3 Å². The Bertz CT molecular complexity index is 397. The van der Waals surface area contributed by atoms with Gasteiger partial charge in [-0.15, -0.1) is 24.8 Å². The van der Waals surface area contributed by atoms with Crippen molar-refractivity contribution in [1.82, 2.24) is 10.3 Å². The summed E-state index contributed by atoms with van der Waals surface area (Å²) in [6, 6.07) is 3.60. The molecule has 1 aliphatic rings. The fraction of sp³-hybridized carbons (Fsp3) is 0.500. The molecule has 1 saturated heterocycles. The first-order valence-corrected chi connectivity index (χ1v) is 6.01. The van der Waals surface area contributed by atoms with Gasteiger partial charge in [0.2, 0.25) is 0 Å². The second-order valence-corrected chi connectivity index (χ2v) is 4.11. The van der Waals surface area contributed by atoms with Crippen LogP contribution < -0.4 is 16.0 Å². The van der Waals surface area contributed by atoms with Crippen LogP contribution in [-0.4, -0.2) is 37.1 Å². The number of amides is 1. The van der Waals surface area contributed by atoms with Crippen LogP contribution in [0.15, 0.2) is 18.3 Å². The van der Waals surface area contributed by atoms with Crippen molar-refractivity contribution >= 4 is 36.5 Å². The lowest BCUT2D eigenvalue weighted by Crippen LogP contribution is -2.31. The summed E-state index contributed by atoms with van der Waals surface area (Å²) in [5.41, 5.74) is 6.02. The van der Waals surface area contributed by atoms with E-state index in [4.69, 9.17) is 5.73 Å². The van der Waals surface area contributed by atoms with Crippen molar-refractivity contribution in [3.8, 4) is 0 Å². The van der Waals surface area contributed by atoms with Gasteiger partial charge in [-0.3, -0.25) is 4.79 Å². The van der Waals surface area contributed by atoms with Crippen LogP contribution in [0.4, 0.5) is 5.82 Å². The summed E-state index contributed by atoms with van der Waals surface area (Å²) in [4.78, 5) is 18.4. The monoisotopic (exact) mass is 306 g/mol. The Kier molecular flexibility index (Phi) is 8.47. The maximum atomic E-state index is 11.9. The number of hydrogen-bond acceptors (Lipinski definition) is 4. The average Bonchev–Trinajstić information content (AvgIpc) is 2.89. The highest BCUT2D eigenvalue weighted by Crippen LogP contribution is 2.21. The van der Waals surface area contributed by atoms with E-state index in [1.165, 1.54) is 12.8 Å². The summed E-state index contributed by atoms with van der Waals surface area (Å²) in [7, 11) is 0. The van der Waals surface area contributed by atoms with Crippen molar-refractivity contribution in [2.24, 2.45) is 5.73 Å². The van der Waals surface area contributed by atoms with Crippen molar-refractivity contribution in [3.63, 3.8) is 0 Å². The van der Waals surface area contributed by atoms with Crippen LogP contribution in [0.25, 0.3) is 0 Å². The molecule has 1 fully saturated rings. The molecule has 1 amide bonds. The van der Waals surface area contributed by atoms with Gasteiger partial charge in [-0.05, 0) is 25.0 Å². The van der Waals surface area contributed by atoms with Crippen molar-refractivity contribution in [3.05, 3.63) is 23.9 Å². The van der Waals surface area contributed by atoms with E-state index in [1.807, 2.05) is 6.07 Å². The quantitative estimate of drug-likeness (QED) is 0.877. The molecule has 1 aliphatic heterocycles. The molecule has 2 heterocycles. The molecule has 3 N–H and O–H groups in total. The molecule has 108 valence electrons.